The third-order valence-corrected chi connectivity index (χ3v) is 2.76. The van der Waals surface area contributed by atoms with Crippen LogP contribution in [0.4, 0.5) is 0 Å². The van der Waals surface area contributed by atoms with E-state index in [9.17, 15) is 9.59 Å². The molecule has 0 aromatic rings. The Morgan fingerprint density at radius 1 is 1.20 bits per heavy atom. The van der Waals surface area contributed by atoms with Crippen LogP contribution in [0.25, 0.3) is 0 Å². The van der Waals surface area contributed by atoms with Crippen molar-refractivity contribution in [1.82, 2.24) is 0 Å². The van der Waals surface area contributed by atoms with E-state index in [1.165, 1.54) is 14.2 Å². The minimum Gasteiger partial charge on any atom is -0.466 e. The number of methoxy groups -OCH3 is 2. The quantitative estimate of drug-likeness (QED) is 0.662. The molecule has 0 radical (unpaired) electrons. The second-order valence-electron chi connectivity index (χ2n) is 3.93. The monoisotopic (exact) mass is 212 g/mol. The summed E-state index contributed by atoms with van der Waals surface area (Å²) in [4.78, 5) is 22.8. The van der Waals surface area contributed by atoms with E-state index in [2.05, 4.69) is 9.47 Å². The Labute approximate surface area is 89.2 Å². The van der Waals surface area contributed by atoms with Gasteiger partial charge in [0.05, 0.1) is 19.8 Å². The molecule has 0 aliphatic heterocycles. The maximum absolute atomic E-state index is 11.5. The summed E-state index contributed by atoms with van der Waals surface area (Å²) in [6.45, 7) is 4.03. The van der Waals surface area contributed by atoms with E-state index in [-0.39, 0.29) is 5.92 Å². The minimum absolute atomic E-state index is 0.117. The molecule has 0 saturated carbocycles. The summed E-state index contributed by atoms with van der Waals surface area (Å²) in [5, 5.41) is 0. The van der Waals surface area contributed by atoms with Crippen LogP contribution in [-0.2, 0) is 19.1 Å². The van der Waals surface area contributed by atoms with Gasteiger partial charge in [-0.25, -0.2) is 9.59 Å². The van der Waals surface area contributed by atoms with Gasteiger partial charge in [0.1, 0.15) is 0 Å². The summed E-state index contributed by atoms with van der Waals surface area (Å²) in [6, 6.07) is 0. The first-order valence-corrected chi connectivity index (χ1v) is 4.92. The lowest BCUT2D eigenvalue weighted by atomic mass is 9.71. The van der Waals surface area contributed by atoms with Crippen LogP contribution >= 0.6 is 0 Å². The molecule has 4 heteroatoms. The van der Waals surface area contributed by atoms with Crippen LogP contribution in [-0.4, -0.2) is 26.2 Å². The van der Waals surface area contributed by atoms with Gasteiger partial charge in [0, 0.05) is 5.57 Å². The van der Waals surface area contributed by atoms with Crippen molar-refractivity contribution >= 4 is 11.9 Å². The van der Waals surface area contributed by atoms with E-state index in [0.717, 1.165) is 0 Å². The molecular weight excluding hydrogens is 196 g/mol. The SMILES string of the molecule is COC(=O)C1=C(C(=O)OC)C(C(C)C)C1. The Bertz CT molecular complexity index is 315. The second-order valence-corrected chi connectivity index (χ2v) is 3.93. The van der Waals surface area contributed by atoms with Gasteiger partial charge in [0.2, 0.25) is 0 Å². The Balaban J connectivity index is 2.96. The highest BCUT2D eigenvalue weighted by Crippen LogP contribution is 2.40. The average molecular weight is 212 g/mol. The minimum atomic E-state index is -0.424. The molecule has 84 valence electrons. The number of carbonyl (C=O) groups excluding carboxylic acids is 2. The van der Waals surface area contributed by atoms with Crippen molar-refractivity contribution in [2.75, 3.05) is 14.2 Å². The standard InChI is InChI=1S/C11H16O4/c1-6(2)7-5-8(10(12)14-3)9(7)11(13)15-4/h6-7H,5H2,1-4H3. The molecule has 1 rings (SSSR count). The number of hydrogen-bond donors (Lipinski definition) is 0. The fraction of sp³-hybridized carbons (Fsp3) is 0.636. The van der Waals surface area contributed by atoms with Crippen molar-refractivity contribution in [1.29, 1.82) is 0 Å². The molecule has 0 heterocycles. The topological polar surface area (TPSA) is 52.6 Å². The van der Waals surface area contributed by atoms with Crippen molar-refractivity contribution in [3.05, 3.63) is 11.1 Å². The lowest BCUT2D eigenvalue weighted by Crippen LogP contribution is -2.33. The first-order valence-electron chi connectivity index (χ1n) is 4.92. The Hall–Kier alpha value is -1.32. The molecule has 0 fully saturated rings. The molecule has 0 spiro atoms. The highest BCUT2D eigenvalue weighted by molar-refractivity contribution is 6.03. The number of rotatable bonds is 3. The van der Waals surface area contributed by atoms with Crippen LogP contribution in [0.5, 0.6) is 0 Å². The normalized spacial score (nSPS) is 19.9. The zero-order valence-electron chi connectivity index (χ0n) is 9.49. The number of carbonyl (C=O) groups is 2. The van der Waals surface area contributed by atoms with E-state index in [1.807, 2.05) is 13.8 Å². The van der Waals surface area contributed by atoms with Gasteiger partial charge in [0.15, 0.2) is 0 Å². The van der Waals surface area contributed by atoms with E-state index in [4.69, 9.17) is 0 Å². The smallest absolute Gasteiger partial charge is 0.334 e. The molecule has 0 saturated heterocycles. The third-order valence-electron chi connectivity index (χ3n) is 2.76. The Kier molecular flexibility index (Phi) is 3.50. The third kappa shape index (κ3) is 2.03. The number of ether oxygens (including phenoxy) is 2. The van der Waals surface area contributed by atoms with Crippen molar-refractivity contribution in [2.24, 2.45) is 11.8 Å². The highest BCUT2D eigenvalue weighted by atomic mass is 16.5. The highest BCUT2D eigenvalue weighted by Gasteiger charge is 2.40. The zero-order valence-corrected chi connectivity index (χ0v) is 9.49. The summed E-state index contributed by atoms with van der Waals surface area (Å²) in [6.07, 6.45) is 0.606. The molecule has 0 N–H and O–H groups in total. The van der Waals surface area contributed by atoms with Gasteiger partial charge in [-0.15, -0.1) is 0 Å². The molecule has 0 aromatic heterocycles. The molecule has 0 bridgehead atoms. The number of esters is 2. The van der Waals surface area contributed by atoms with Crippen LogP contribution in [0.15, 0.2) is 11.1 Å². The summed E-state index contributed by atoms with van der Waals surface area (Å²) in [5.74, 6) is -0.397. The maximum atomic E-state index is 11.5. The second kappa shape index (κ2) is 4.47. The summed E-state index contributed by atoms with van der Waals surface area (Å²) in [5.41, 5.74) is 0.947. The molecule has 0 amide bonds. The van der Waals surface area contributed by atoms with E-state index >= 15 is 0 Å². The van der Waals surface area contributed by atoms with Gasteiger partial charge in [-0.05, 0) is 18.3 Å². The first-order chi connectivity index (χ1) is 7.02. The Morgan fingerprint density at radius 2 is 1.73 bits per heavy atom. The average Bonchev–Trinajstić information content (AvgIpc) is 2.15. The van der Waals surface area contributed by atoms with Crippen LogP contribution < -0.4 is 0 Å². The number of hydrogen-bond acceptors (Lipinski definition) is 4. The molecule has 1 aliphatic carbocycles. The van der Waals surface area contributed by atoms with Crippen molar-refractivity contribution in [3.63, 3.8) is 0 Å². The molecule has 1 unspecified atom stereocenters. The van der Waals surface area contributed by atoms with Crippen LogP contribution in [0.1, 0.15) is 20.3 Å². The van der Waals surface area contributed by atoms with Gasteiger partial charge in [-0.3, -0.25) is 0 Å². The maximum Gasteiger partial charge on any atom is 0.334 e. The fourth-order valence-corrected chi connectivity index (χ4v) is 1.79. The molecule has 1 atom stereocenters. The van der Waals surface area contributed by atoms with Crippen LogP contribution in [0.3, 0.4) is 0 Å². The van der Waals surface area contributed by atoms with Crippen LogP contribution in [0.2, 0.25) is 0 Å². The predicted octanol–water partition coefficient (Wildman–Crippen LogP) is 1.30. The molecular formula is C11H16O4. The van der Waals surface area contributed by atoms with Gasteiger partial charge in [-0.2, -0.15) is 0 Å². The molecule has 15 heavy (non-hydrogen) atoms. The predicted molar refractivity (Wildman–Crippen MR) is 54.0 cm³/mol. The molecule has 0 aromatic carbocycles. The van der Waals surface area contributed by atoms with Gasteiger partial charge < -0.3 is 9.47 Å². The molecule has 1 aliphatic rings. The summed E-state index contributed by atoms with van der Waals surface area (Å²) in [7, 11) is 2.63. The zero-order chi connectivity index (χ0) is 11.6. The lowest BCUT2D eigenvalue weighted by molar-refractivity contribution is -0.141. The van der Waals surface area contributed by atoms with Crippen molar-refractivity contribution in [3.8, 4) is 0 Å². The molecule has 4 nitrogen and oxygen atoms in total. The van der Waals surface area contributed by atoms with Gasteiger partial charge >= 0.3 is 11.9 Å². The lowest BCUT2D eigenvalue weighted by Gasteiger charge is -2.33. The first kappa shape index (κ1) is 11.8. The van der Waals surface area contributed by atoms with E-state index in [1.54, 1.807) is 0 Å². The fourth-order valence-electron chi connectivity index (χ4n) is 1.79. The van der Waals surface area contributed by atoms with Crippen molar-refractivity contribution in [2.45, 2.75) is 20.3 Å². The van der Waals surface area contributed by atoms with Gasteiger partial charge in [-0.1, -0.05) is 13.8 Å². The van der Waals surface area contributed by atoms with E-state index < -0.39 is 11.9 Å². The summed E-state index contributed by atoms with van der Waals surface area (Å²) >= 11 is 0. The van der Waals surface area contributed by atoms with Crippen molar-refractivity contribution < 1.29 is 19.1 Å². The van der Waals surface area contributed by atoms with Crippen LogP contribution in [0, 0.1) is 11.8 Å². The summed E-state index contributed by atoms with van der Waals surface area (Å²) < 4.78 is 9.26. The van der Waals surface area contributed by atoms with Gasteiger partial charge in [0.25, 0.3) is 0 Å². The Morgan fingerprint density at radius 3 is 2.13 bits per heavy atom. The van der Waals surface area contributed by atoms with E-state index in [0.29, 0.717) is 23.5 Å². The largest absolute Gasteiger partial charge is 0.466 e.